The third-order valence-corrected chi connectivity index (χ3v) is 5.75. The molecule has 1 atom stereocenters. The van der Waals surface area contributed by atoms with Crippen LogP contribution in [0.3, 0.4) is 0 Å². The lowest BCUT2D eigenvalue weighted by molar-refractivity contribution is -0.129. The van der Waals surface area contributed by atoms with Gasteiger partial charge in [0.2, 0.25) is 0 Å². The van der Waals surface area contributed by atoms with Crippen LogP contribution in [0.1, 0.15) is 19.3 Å². The van der Waals surface area contributed by atoms with E-state index in [2.05, 4.69) is 31.4 Å². The number of Topliss-reactive ketones (excluding diaryl/α,β-unsaturated/α-hetero) is 1. The first-order chi connectivity index (χ1) is 12.0. The van der Waals surface area contributed by atoms with Gasteiger partial charge in [-0.1, -0.05) is 0 Å². The maximum absolute atomic E-state index is 13.9. The lowest BCUT2D eigenvalue weighted by Gasteiger charge is -2.27. The molecule has 1 aliphatic heterocycles. The van der Waals surface area contributed by atoms with Crippen LogP contribution < -0.4 is 11.0 Å². The van der Waals surface area contributed by atoms with Gasteiger partial charge < -0.3 is 5.32 Å². The highest BCUT2D eigenvalue weighted by Crippen LogP contribution is 2.41. The van der Waals surface area contributed by atoms with Gasteiger partial charge in [0.1, 0.15) is 11.6 Å². The summed E-state index contributed by atoms with van der Waals surface area (Å²) in [5, 5.41) is 9.75. The Morgan fingerprint density at radius 3 is 2.88 bits per heavy atom. The number of nitrogens with zero attached hydrogens (tertiary/aromatic N) is 2. The smallest absolute Gasteiger partial charge is 0.316 e. The van der Waals surface area contributed by atoms with Crippen LogP contribution in [-0.4, -0.2) is 33.6 Å². The van der Waals surface area contributed by atoms with Crippen LogP contribution in [0, 0.1) is 17.2 Å². The summed E-state index contributed by atoms with van der Waals surface area (Å²) < 4.78 is 15.7. The summed E-state index contributed by atoms with van der Waals surface area (Å²) in [5.74, 6) is 0.284. The van der Waals surface area contributed by atoms with Gasteiger partial charge in [0.25, 0.3) is 0 Å². The van der Waals surface area contributed by atoms with Crippen LogP contribution in [0.5, 0.6) is 0 Å². The summed E-state index contributed by atoms with van der Waals surface area (Å²) in [6.45, 7) is 1.58. The number of H-pyrrole nitrogens is 1. The highest BCUT2D eigenvalue weighted by atomic mass is 79.9. The molecule has 2 fully saturated rings. The van der Waals surface area contributed by atoms with Crippen LogP contribution in [0.2, 0.25) is 0 Å². The SMILES string of the molecule is O=C(C1CC1)C1(Cn2c(-c3ccc(Br)c(F)c3)n[nH]c2=O)CCNC1. The molecule has 4 rings (SSSR count). The number of hydrogen-bond acceptors (Lipinski definition) is 4. The number of rotatable bonds is 5. The van der Waals surface area contributed by atoms with E-state index in [0.717, 1.165) is 19.4 Å². The van der Waals surface area contributed by atoms with Crippen molar-refractivity contribution in [1.82, 2.24) is 20.1 Å². The maximum atomic E-state index is 13.9. The van der Waals surface area contributed by atoms with E-state index in [-0.39, 0.29) is 23.9 Å². The monoisotopic (exact) mass is 408 g/mol. The quantitative estimate of drug-likeness (QED) is 0.793. The summed E-state index contributed by atoms with van der Waals surface area (Å²) in [6, 6.07) is 4.61. The number of ketones is 1. The van der Waals surface area contributed by atoms with Gasteiger partial charge in [0.05, 0.1) is 9.89 Å². The van der Waals surface area contributed by atoms with E-state index in [4.69, 9.17) is 0 Å². The molecule has 0 radical (unpaired) electrons. The van der Waals surface area contributed by atoms with Gasteiger partial charge in [-0.2, -0.15) is 5.10 Å². The standard InChI is InChI=1S/C17H18BrFN4O2/c18-12-4-3-11(7-13(12)19)15-21-22-16(25)23(15)9-17(5-6-20-8-17)14(24)10-1-2-10/h3-4,7,10,20H,1-2,5-6,8-9H2,(H,22,25). The second kappa shape index (κ2) is 6.17. The van der Waals surface area contributed by atoms with E-state index < -0.39 is 11.2 Å². The zero-order chi connectivity index (χ0) is 17.6. The molecule has 1 saturated carbocycles. The molecule has 1 saturated heterocycles. The Balaban J connectivity index is 1.73. The number of carbonyl (C=O) groups excluding carboxylic acids is 1. The number of carbonyl (C=O) groups is 1. The van der Waals surface area contributed by atoms with Crippen LogP contribution in [0.4, 0.5) is 4.39 Å². The lowest BCUT2D eigenvalue weighted by atomic mass is 9.80. The van der Waals surface area contributed by atoms with Crippen molar-refractivity contribution in [1.29, 1.82) is 0 Å². The molecular formula is C17H18BrFN4O2. The van der Waals surface area contributed by atoms with E-state index in [0.29, 0.717) is 28.8 Å². The van der Waals surface area contributed by atoms with Gasteiger partial charge in [-0.3, -0.25) is 9.36 Å². The zero-order valence-electron chi connectivity index (χ0n) is 13.5. The minimum atomic E-state index is -0.586. The molecule has 6 nitrogen and oxygen atoms in total. The van der Waals surface area contributed by atoms with E-state index in [1.807, 2.05) is 0 Å². The summed E-state index contributed by atoms with van der Waals surface area (Å²) in [4.78, 5) is 25.2. The summed E-state index contributed by atoms with van der Waals surface area (Å²) >= 11 is 3.12. The molecule has 2 aromatic rings. The second-order valence-corrected chi connectivity index (χ2v) is 7.77. The zero-order valence-corrected chi connectivity index (χ0v) is 15.1. The van der Waals surface area contributed by atoms with Crippen LogP contribution in [0.15, 0.2) is 27.5 Å². The van der Waals surface area contributed by atoms with Crippen molar-refractivity contribution in [3.63, 3.8) is 0 Å². The second-order valence-electron chi connectivity index (χ2n) is 6.91. The predicted octanol–water partition coefficient (Wildman–Crippen LogP) is 2.10. The molecule has 2 heterocycles. The van der Waals surface area contributed by atoms with Crippen molar-refractivity contribution in [3.05, 3.63) is 39.0 Å². The molecule has 0 spiro atoms. The molecule has 1 aromatic carbocycles. The van der Waals surface area contributed by atoms with Crippen molar-refractivity contribution in [2.45, 2.75) is 25.8 Å². The minimum absolute atomic E-state index is 0.121. The highest BCUT2D eigenvalue weighted by Gasteiger charge is 2.48. The van der Waals surface area contributed by atoms with Crippen LogP contribution in [-0.2, 0) is 11.3 Å². The highest BCUT2D eigenvalue weighted by molar-refractivity contribution is 9.10. The minimum Gasteiger partial charge on any atom is -0.316 e. The Morgan fingerprint density at radius 1 is 1.44 bits per heavy atom. The van der Waals surface area contributed by atoms with Crippen LogP contribution >= 0.6 is 15.9 Å². The Bertz CT molecular complexity index is 881. The Kier molecular flexibility index (Phi) is 4.11. The Morgan fingerprint density at radius 2 is 2.24 bits per heavy atom. The summed E-state index contributed by atoms with van der Waals surface area (Å²) in [5.41, 5.74) is -0.468. The van der Waals surface area contributed by atoms with Crippen molar-refractivity contribution in [3.8, 4) is 11.4 Å². The van der Waals surface area contributed by atoms with Gasteiger partial charge >= 0.3 is 5.69 Å². The van der Waals surface area contributed by atoms with Gasteiger partial charge in [-0.15, -0.1) is 0 Å². The third kappa shape index (κ3) is 2.97. The van der Waals surface area contributed by atoms with E-state index in [9.17, 15) is 14.0 Å². The fourth-order valence-electron chi connectivity index (χ4n) is 3.57. The molecular weight excluding hydrogens is 391 g/mol. The van der Waals surface area contributed by atoms with E-state index >= 15 is 0 Å². The number of nitrogens with one attached hydrogen (secondary N) is 2. The lowest BCUT2D eigenvalue weighted by Crippen LogP contribution is -2.41. The number of halogens is 2. The first kappa shape index (κ1) is 16.7. The first-order valence-corrected chi connectivity index (χ1v) is 9.15. The average Bonchev–Trinajstić information content (AvgIpc) is 3.24. The maximum Gasteiger partial charge on any atom is 0.343 e. The third-order valence-electron chi connectivity index (χ3n) is 5.11. The molecule has 132 valence electrons. The Labute approximate surface area is 151 Å². The molecule has 8 heteroatoms. The van der Waals surface area contributed by atoms with Crippen LogP contribution in [0.25, 0.3) is 11.4 Å². The molecule has 0 amide bonds. The molecule has 2 aliphatic rings. The fourth-order valence-corrected chi connectivity index (χ4v) is 3.81. The molecule has 25 heavy (non-hydrogen) atoms. The summed E-state index contributed by atoms with van der Waals surface area (Å²) in [7, 11) is 0. The van der Waals surface area contributed by atoms with Crippen molar-refractivity contribution >= 4 is 21.7 Å². The van der Waals surface area contributed by atoms with E-state index in [1.165, 1.54) is 10.6 Å². The van der Waals surface area contributed by atoms with Gasteiger partial charge in [-0.05, 0) is 59.9 Å². The predicted molar refractivity (Wildman–Crippen MR) is 93.6 cm³/mol. The fraction of sp³-hybridized carbons (Fsp3) is 0.471. The number of aromatic amines is 1. The van der Waals surface area contributed by atoms with Gasteiger partial charge in [-0.25, -0.2) is 14.3 Å². The molecule has 2 N–H and O–H groups in total. The Hall–Kier alpha value is -1.80. The molecule has 1 aromatic heterocycles. The van der Waals surface area contributed by atoms with Crippen molar-refractivity contribution < 1.29 is 9.18 Å². The largest absolute Gasteiger partial charge is 0.343 e. The van der Waals surface area contributed by atoms with Gasteiger partial charge in [0, 0.05) is 24.6 Å². The number of hydrogen-bond donors (Lipinski definition) is 2. The number of aromatic nitrogens is 3. The van der Waals surface area contributed by atoms with E-state index in [1.54, 1.807) is 12.1 Å². The number of benzene rings is 1. The normalized spacial score (nSPS) is 23.1. The average molecular weight is 409 g/mol. The summed E-state index contributed by atoms with van der Waals surface area (Å²) in [6.07, 6.45) is 2.57. The van der Waals surface area contributed by atoms with Gasteiger partial charge in [0.15, 0.2) is 5.82 Å². The molecule has 1 unspecified atom stereocenters. The molecule has 0 bridgehead atoms. The van der Waals surface area contributed by atoms with Crippen molar-refractivity contribution in [2.24, 2.45) is 11.3 Å². The topological polar surface area (TPSA) is 79.8 Å². The van der Waals surface area contributed by atoms with Crippen molar-refractivity contribution in [2.75, 3.05) is 13.1 Å². The first-order valence-electron chi connectivity index (χ1n) is 8.36. The molecule has 1 aliphatic carbocycles.